The van der Waals surface area contributed by atoms with Crippen molar-refractivity contribution in [3.8, 4) is 0 Å². The Hall–Kier alpha value is -1.14. The van der Waals surface area contributed by atoms with Crippen molar-refractivity contribution >= 4 is 11.9 Å². The van der Waals surface area contributed by atoms with E-state index in [1.807, 2.05) is 0 Å². The van der Waals surface area contributed by atoms with Crippen LogP contribution in [0, 0.1) is 5.41 Å². The molecule has 2 aliphatic rings. The maximum Gasteiger partial charge on any atom is 0.302 e. The fraction of sp³-hybridized carbons (Fsp3) is 0.875. The number of piperidine rings is 2. The molecule has 0 bridgehead atoms. The second kappa shape index (κ2) is 7.92. The summed E-state index contributed by atoms with van der Waals surface area (Å²) in [6.45, 7) is 7.67. The van der Waals surface area contributed by atoms with Gasteiger partial charge in [-0.25, -0.2) is 0 Å². The topological polar surface area (TPSA) is 67.9 Å². The summed E-state index contributed by atoms with van der Waals surface area (Å²) in [6.07, 6.45) is 4.19. The first-order valence-corrected chi connectivity index (χ1v) is 8.22. The van der Waals surface area contributed by atoms with E-state index in [0.717, 1.165) is 39.0 Å². The van der Waals surface area contributed by atoms with E-state index in [2.05, 4.69) is 10.2 Å². The molecule has 0 unspecified atom stereocenters. The Bertz CT molecular complexity index is 366. The Morgan fingerprint density at radius 1 is 1.05 bits per heavy atom. The molecule has 0 aliphatic carbocycles. The lowest BCUT2D eigenvalue weighted by molar-refractivity contribution is -0.154. The van der Waals surface area contributed by atoms with Crippen LogP contribution < -0.4 is 5.32 Å². The second-order valence-corrected chi connectivity index (χ2v) is 6.58. The zero-order chi connectivity index (χ0) is 16.0. The largest absolute Gasteiger partial charge is 0.465 e. The first-order valence-electron chi connectivity index (χ1n) is 8.22. The lowest BCUT2D eigenvalue weighted by Gasteiger charge is -2.44. The summed E-state index contributed by atoms with van der Waals surface area (Å²) in [4.78, 5) is 24.8. The number of carbonyl (C=O) groups is 2. The predicted octanol–water partition coefficient (Wildman–Crippen LogP) is 0.947. The van der Waals surface area contributed by atoms with Gasteiger partial charge in [-0.15, -0.1) is 0 Å². The average Bonchev–Trinajstić information content (AvgIpc) is 2.53. The first kappa shape index (κ1) is 17.2. The van der Waals surface area contributed by atoms with Gasteiger partial charge in [0.25, 0.3) is 0 Å². The van der Waals surface area contributed by atoms with Gasteiger partial charge in [0, 0.05) is 25.3 Å². The number of nitrogens with one attached hydrogen (secondary N) is 1. The van der Waals surface area contributed by atoms with Gasteiger partial charge in [0.1, 0.15) is 13.2 Å². The smallest absolute Gasteiger partial charge is 0.302 e. The summed E-state index contributed by atoms with van der Waals surface area (Å²) >= 11 is 0. The van der Waals surface area contributed by atoms with Crippen molar-refractivity contribution in [3.05, 3.63) is 0 Å². The molecule has 0 spiro atoms. The molecule has 0 amide bonds. The Labute approximate surface area is 132 Å². The van der Waals surface area contributed by atoms with Crippen molar-refractivity contribution in [2.24, 2.45) is 5.41 Å². The number of hydrogen-bond acceptors (Lipinski definition) is 6. The molecule has 0 atom stereocenters. The second-order valence-electron chi connectivity index (χ2n) is 6.58. The van der Waals surface area contributed by atoms with E-state index >= 15 is 0 Å². The van der Waals surface area contributed by atoms with E-state index < -0.39 is 0 Å². The predicted molar refractivity (Wildman–Crippen MR) is 82.4 cm³/mol. The number of rotatable bonds is 5. The number of hydrogen-bond donors (Lipinski definition) is 1. The van der Waals surface area contributed by atoms with Crippen LogP contribution in [0.25, 0.3) is 0 Å². The lowest BCUT2D eigenvalue weighted by atomic mass is 9.79. The molecule has 6 heteroatoms. The fourth-order valence-corrected chi connectivity index (χ4v) is 3.38. The summed E-state index contributed by atoms with van der Waals surface area (Å²) in [7, 11) is 0. The van der Waals surface area contributed by atoms with Gasteiger partial charge in [-0.2, -0.15) is 0 Å². The molecule has 0 radical (unpaired) electrons. The number of esters is 2. The molecule has 0 aromatic heterocycles. The van der Waals surface area contributed by atoms with Crippen molar-refractivity contribution in [2.75, 3.05) is 39.4 Å². The van der Waals surface area contributed by atoms with Gasteiger partial charge < -0.3 is 19.7 Å². The van der Waals surface area contributed by atoms with Gasteiger partial charge in [-0.05, 0) is 51.9 Å². The van der Waals surface area contributed by atoms with E-state index in [4.69, 9.17) is 9.47 Å². The Morgan fingerprint density at radius 3 is 2.00 bits per heavy atom. The van der Waals surface area contributed by atoms with Crippen molar-refractivity contribution in [1.82, 2.24) is 10.2 Å². The van der Waals surface area contributed by atoms with Crippen LogP contribution in [0.4, 0.5) is 0 Å². The zero-order valence-corrected chi connectivity index (χ0v) is 13.7. The monoisotopic (exact) mass is 312 g/mol. The van der Waals surface area contributed by atoms with Crippen molar-refractivity contribution in [1.29, 1.82) is 0 Å². The van der Waals surface area contributed by atoms with Crippen LogP contribution in [0.3, 0.4) is 0 Å². The maximum absolute atomic E-state index is 11.1. The van der Waals surface area contributed by atoms with Gasteiger partial charge in [-0.1, -0.05) is 0 Å². The number of nitrogens with zero attached hydrogens (tertiary/aromatic N) is 1. The first-order chi connectivity index (χ1) is 10.5. The Kier molecular flexibility index (Phi) is 6.20. The van der Waals surface area contributed by atoms with Crippen LogP contribution in [-0.2, 0) is 19.1 Å². The molecular formula is C16H28N2O4. The molecule has 2 fully saturated rings. The lowest BCUT2D eigenvalue weighted by Crippen LogP contribution is -2.51. The highest BCUT2D eigenvalue weighted by atomic mass is 16.5. The van der Waals surface area contributed by atoms with Crippen LogP contribution >= 0.6 is 0 Å². The fourth-order valence-electron chi connectivity index (χ4n) is 3.38. The summed E-state index contributed by atoms with van der Waals surface area (Å²) in [5.74, 6) is -0.550. The zero-order valence-electron chi connectivity index (χ0n) is 13.7. The summed E-state index contributed by atoms with van der Waals surface area (Å²) in [6, 6.07) is 0.654. The van der Waals surface area contributed by atoms with Crippen molar-refractivity contribution in [2.45, 2.75) is 45.6 Å². The van der Waals surface area contributed by atoms with E-state index in [1.165, 1.54) is 26.7 Å². The van der Waals surface area contributed by atoms with Gasteiger partial charge in [-0.3, -0.25) is 9.59 Å². The molecular weight excluding hydrogens is 284 g/mol. The molecule has 2 rings (SSSR count). The van der Waals surface area contributed by atoms with Crippen molar-refractivity contribution in [3.63, 3.8) is 0 Å². The van der Waals surface area contributed by atoms with E-state index in [0.29, 0.717) is 19.3 Å². The van der Waals surface area contributed by atoms with Crippen molar-refractivity contribution < 1.29 is 19.1 Å². The normalized spacial score (nSPS) is 23.0. The molecule has 6 nitrogen and oxygen atoms in total. The van der Waals surface area contributed by atoms with E-state index in [1.54, 1.807) is 0 Å². The maximum atomic E-state index is 11.1. The molecule has 1 N–H and O–H groups in total. The molecule has 2 saturated heterocycles. The van der Waals surface area contributed by atoms with Crippen LogP contribution in [0.2, 0.25) is 0 Å². The third kappa shape index (κ3) is 4.95. The number of carbonyl (C=O) groups excluding carboxylic acids is 2. The molecule has 2 heterocycles. The van der Waals surface area contributed by atoms with Gasteiger partial charge in [0.15, 0.2) is 0 Å². The summed E-state index contributed by atoms with van der Waals surface area (Å²) < 4.78 is 10.5. The standard InChI is InChI=1S/C16H28N2O4/c1-13(19)21-11-16(12-22-14(2)20)5-9-18(10-6-16)15-3-7-17-8-4-15/h15,17H,3-12H2,1-2H3. The molecule has 126 valence electrons. The Morgan fingerprint density at radius 2 is 1.55 bits per heavy atom. The van der Waals surface area contributed by atoms with Crippen LogP contribution in [0.5, 0.6) is 0 Å². The van der Waals surface area contributed by atoms with Crippen LogP contribution in [0.15, 0.2) is 0 Å². The molecule has 2 aliphatic heterocycles. The van der Waals surface area contributed by atoms with Gasteiger partial charge in [0.2, 0.25) is 0 Å². The molecule has 22 heavy (non-hydrogen) atoms. The highest BCUT2D eigenvalue weighted by Gasteiger charge is 2.38. The SMILES string of the molecule is CC(=O)OCC1(COC(C)=O)CCN(C2CCNCC2)CC1. The molecule has 0 saturated carbocycles. The van der Waals surface area contributed by atoms with E-state index in [9.17, 15) is 9.59 Å². The van der Waals surface area contributed by atoms with Gasteiger partial charge in [0.05, 0.1) is 0 Å². The van der Waals surface area contributed by atoms with E-state index in [-0.39, 0.29) is 17.4 Å². The quantitative estimate of drug-likeness (QED) is 0.762. The minimum absolute atomic E-state index is 0.221. The molecule has 0 aromatic rings. The third-order valence-electron chi connectivity index (χ3n) is 4.85. The summed E-state index contributed by atoms with van der Waals surface area (Å²) in [5, 5.41) is 3.39. The Balaban J connectivity index is 1.90. The summed E-state index contributed by atoms with van der Waals surface area (Å²) in [5.41, 5.74) is -0.221. The molecule has 0 aromatic carbocycles. The highest BCUT2D eigenvalue weighted by Crippen LogP contribution is 2.34. The number of ether oxygens (including phenoxy) is 2. The van der Waals surface area contributed by atoms with Crippen LogP contribution in [-0.4, -0.2) is 62.3 Å². The van der Waals surface area contributed by atoms with Gasteiger partial charge >= 0.3 is 11.9 Å². The highest BCUT2D eigenvalue weighted by molar-refractivity contribution is 5.66. The minimum atomic E-state index is -0.275. The third-order valence-corrected chi connectivity index (χ3v) is 4.85. The minimum Gasteiger partial charge on any atom is -0.465 e. The van der Waals surface area contributed by atoms with Crippen LogP contribution in [0.1, 0.15) is 39.5 Å². The number of likely N-dealkylation sites (tertiary alicyclic amines) is 1. The average molecular weight is 312 g/mol.